The third kappa shape index (κ3) is 3.95. The lowest BCUT2D eigenvalue weighted by molar-refractivity contribution is 0.0565. The van der Waals surface area contributed by atoms with Gasteiger partial charge in [0.25, 0.3) is 0 Å². The molecule has 0 aromatic heterocycles. The second kappa shape index (κ2) is 6.02. The third-order valence-electron chi connectivity index (χ3n) is 2.97. The second-order valence-corrected chi connectivity index (χ2v) is 4.57. The predicted molar refractivity (Wildman–Crippen MR) is 66.7 cm³/mol. The Balaban J connectivity index is 2.61. The van der Waals surface area contributed by atoms with Crippen LogP contribution in [-0.4, -0.2) is 24.4 Å². The Morgan fingerprint density at radius 2 is 2.00 bits per heavy atom. The van der Waals surface area contributed by atoms with Crippen LogP contribution < -0.4 is 0 Å². The maximum atomic E-state index is 9.94. The molecule has 2 unspecified atom stereocenters. The van der Waals surface area contributed by atoms with E-state index in [0.717, 1.165) is 0 Å². The summed E-state index contributed by atoms with van der Waals surface area (Å²) in [5.41, 5.74) is 3.72. The Morgan fingerprint density at radius 1 is 1.31 bits per heavy atom. The fourth-order valence-electron chi connectivity index (χ4n) is 1.84. The standard InChI is InChI=1S/C14H22O2/c1-10-5-6-11(2)13(7-10)9-14(15)8-12(3)16-4/h5-7,12,14-15H,8-9H2,1-4H3. The molecule has 0 aliphatic heterocycles. The molecule has 90 valence electrons. The number of hydrogen-bond donors (Lipinski definition) is 1. The van der Waals surface area contributed by atoms with Crippen molar-refractivity contribution in [2.75, 3.05) is 7.11 Å². The summed E-state index contributed by atoms with van der Waals surface area (Å²) < 4.78 is 5.15. The molecule has 16 heavy (non-hydrogen) atoms. The van der Waals surface area contributed by atoms with E-state index in [9.17, 15) is 5.11 Å². The molecule has 2 atom stereocenters. The highest BCUT2D eigenvalue weighted by molar-refractivity contribution is 5.30. The Hall–Kier alpha value is -0.860. The van der Waals surface area contributed by atoms with E-state index in [4.69, 9.17) is 4.74 Å². The van der Waals surface area contributed by atoms with Crippen LogP contribution in [0.5, 0.6) is 0 Å². The molecule has 0 aliphatic carbocycles. The molecule has 1 rings (SSSR count). The first-order chi connectivity index (χ1) is 7.52. The minimum absolute atomic E-state index is 0.111. The highest BCUT2D eigenvalue weighted by Gasteiger charge is 2.11. The lowest BCUT2D eigenvalue weighted by Gasteiger charge is -2.16. The summed E-state index contributed by atoms with van der Waals surface area (Å²) in [7, 11) is 1.68. The van der Waals surface area contributed by atoms with Gasteiger partial charge in [-0.1, -0.05) is 23.8 Å². The van der Waals surface area contributed by atoms with Crippen molar-refractivity contribution >= 4 is 0 Å². The van der Waals surface area contributed by atoms with Crippen LogP contribution in [-0.2, 0) is 11.2 Å². The van der Waals surface area contributed by atoms with E-state index in [2.05, 4.69) is 32.0 Å². The van der Waals surface area contributed by atoms with Crippen molar-refractivity contribution in [2.24, 2.45) is 0 Å². The molecule has 0 spiro atoms. The lowest BCUT2D eigenvalue weighted by Crippen LogP contribution is -2.19. The number of aryl methyl sites for hydroxylation is 2. The average molecular weight is 222 g/mol. The van der Waals surface area contributed by atoms with Gasteiger partial charge in [-0.05, 0) is 44.7 Å². The van der Waals surface area contributed by atoms with Gasteiger partial charge in [-0.3, -0.25) is 0 Å². The molecule has 0 radical (unpaired) electrons. The van der Waals surface area contributed by atoms with Gasteiger partial charge in [-0.15, -0.1) is 0 Å². The summed E-state index contributed by atoms with van der Waals surface area (Å²) >= 11 is 0. The van der Waals surface area contributed by atoms with Crippen LogP contribution in [0.3, 0.4) is 0 Å². The van der Waals surface area contributed by atoms with E-state index in [1.54, 1.807) is 7.11 Å². The molecule has 0 saturated heterocycles. The molecular formula is C14H22O2. The van der Waals surface area contributed by atoms with Crippen LogP contribution in [0.4, 0.5) is 0 Å². The van der Waals surface area contributed by atoms with E-state index in [0.29, 0.717) is 12.8 Å². The molecule has 0 fully saturated rings. The van der Waals surface area contributed by atoms with E-state index >= 15 is 0 Å². The molecule has 1 N–H and O–H groups in total. The fourth-order valence-corrected chi connectivity index (χ4v) is 1.84. The topological polar surface area (TPSA) is 29.5 Å². The Labute approximate surface area is 98.3 Å². The van der Waals surface area contributed by atoms with Gasteiger partial charge in [0.2, 0.25) is 0 Å². The molecular weight excluding hydrogens is 200 g/mol. The van der Waals surface area contributed by atoms with Gasteiger partial charge in [-0.2, -0.15) is 0 Å². The van der Waals surface area contributed by atoms with Crippen LogP contribution >= 0.6 is 0 Å². The minimum atomic E-state index is -0.324. The normalized spacial score (nSPS) is 14.8. The Kier molecular flexibility index (Phi) is 4.97. The highest BCUT2D eigenvalue weighted by atomic mass is 16.5. The van der Waals surface area contributed by atoms with Gasteiger partial charge in [0.15, 0.2) is 0 Å². The van der Waals surface area contributed by atoms with Crippen LogP contribution in [0.1, 0.15) is 30.0 Å². The summed E-state index contributed by atoms with van der Waals surface area (Å²) in [6.45, 7) is 6.14. The zero-order valence-corrected chi connectivity index (χ0v) is 10.7. The maximum Gasteiger partial charge on any atom is 0.0605 e. The zero-order chi connectivity index (χ0) is 12.1. The molecule has 0 aliphatic rings. The minimum Gasteiger partial charge on any atom is -0.393 e. The molecule has 0 amide bonds. The van der Waals surface area contributed by atoms with Crippen molar-refractivity contribution in [1.29, 1.82) is 0 Å². The largest absolute Gasteiger partial charge is 0.393 e. The number of ether oxygens (including phenoxy) is 1. The predicted octanol–water partition coefficient (Wildman–Crippen LogP) is 2.63. The fraction of sp³-hybridized carbons (Fsp3) is 0.571. The van der Waals surface area contributed by atoms with E-state index in [-0.39, 0.29) is 12.2 Å². The summed E-state index contributed by atoms with van der Waals surface area (Å²) in [5, 5.41) is 9.94. The molecule has 1 aromatic rings. The molecule has 1 aromatic carbocycles. The molecule has 2 nitrogen and oxygen atoms in total. The van der Waals surface area contributed by atoms with Gasteiger partial charge in [-0.25, -0.2) is 0 Å². The van der Waals surface area contributed by atoms with E-state index in [1.165, 1.54) is 16.7 Å². The monoisotopic (exact) mass is 222 g/mol. The first kappa shape index (κ1) is 13.2. The van der Waals surface area contributed by atoms with Crippen molar-refractivity contribution in [3.63, 3.8) is 0 Å². The van der Waals surface area contributed by atoms with Crippen molar-refractivity contribution in [3.8, 4) is 0 Å². The number of benzene rings is 1. The van der Waals surface area contributed by atoms with Gasteiger partial charge < -0.3 is 9.84 Å². The number of aliphatic hydroxyl groups excluding tert-OH is 1. The van der Waals surface area contributed by atoms with Crippen LogP contribution in [0.25, 0.3) is 0 Å². The molecule has 0 bridgehead atoms. The second-order valence-electron chi connectivity index (χ2n) is 4.57. The number of methoxy groups -OCH3 is 1. The van der Waals surface area contributed by atoms with Gasteiger partial charge in [0.05, 0.1) is 12.2 Å². The van der Waals surface area contributed by atoms with E-state index < -0.39 is 0 Å². The quantitative estimate of drug-likeness (QED) is 0.830. The first-order valence-electron chi connectivity index (χ1n) is 5.80. The lowest BCUT2D eigenvalue weighted by atomic mass is 9.98. The molecule has 0 saturated carbocycles. The summed E-state index contributed by atoms with van der Waals surface area (Å²) in [6, 6.07) is 6.36. The van der Waals surface area contributed by atoms with Gasteiger partial charge in [0, 0.05) is 7.11 Å². The zero-order valence-electron chi connectivity index (χ0n) is 10.7. The van der Waals surface area contributed by atoms with Crippen molar-refractivity contribution in [2.45, 2.75) is 45.8 Å². The third-order valence-corrected chi connectivity index (χ3v) is 2.97. The number of hydrogen-bond acceptors (Lipinski definition) is 2. The summed E-state index contributed by atoms with van der Waals surface area (Å²) in [4.78, 5) is 0. The number of aliphatic hydroxyl groups is 1. The van der Waals surface area contributed by atoms with Gasteiger partial charge >= 0.3 is 0 Å². The summed E-state index contributed by atoms with van der Waals surface area (Å²) in [6.07, 6.45) is 1.18. The Morgan fingerprint density at radius 3 is 2.62 bits per heavy atom. The van der Waals surface area contributed by atoms with Crippen LogP contribution in [0.15, 0.2) is 18.2 Å². The molecule has 0 heterocycles. The first-order valence-corrected chi connectivity index (χ1v) is 5.80. The Bertz CT molecular complexity index is 334. The maximum absolute atomic E-state index is 9.94. The van der Waals surface area contributed by atoms with Crippen molar-refractivity contribution in [1.82, 2.24) is 0 Å². The number of rotatable bonds is 5. The van der Waals surface area contributed by atoms with Crippen molar-refractivity contribution < 1.29 is 9.84 Å². The van der Waals surface area contributed by atoms with E-state index in [1.807, 2.05) is 6.92 Å². The highest BCUT2D eigenvalue weighted by Crippen LogP contribution is 2.15. The average Bonchev–Trinajstić information content (AvgIpc) is 2.23. The van der Waals surface area contributed by atoms with Crippen LogP contribution in [0, 0.1) is 13.8 Å². The van der Waals surface area contributed by atoms with Gasteiger partial charge in [0.1, 0.15) is 0 Å². The van der Waals surface area contributed by atoms with Crippen LogP contribution in [0.2, 0.25) is 0 Å². The molecule has 2 heteroatoms. The summed E-state index contributed by atoms with van der Waals surface area (Å²) in [5.74, 6) is 0. The smallest absolute Gasteiger partial charge is 0.0605 e. The van der Waals surface area contributed by atoms with Crippen molar-refractivity contribution in [3.05, 3.63) is 34.9 Å². The SMILES string of the molecule is COC(C)CC(O)Cc1cc(C)ccc1C.